The minimum absolute atomic E-state index is 0.648. The van der Waals surface area contributed by atoms with E-state index in [4.69, 9.17) is 0 Å². The molecule has 22 heavy (non-hydrogen) atoms. The third kappa shape index (κ3) is 2.95. The van der Waals surface area contributed by atoms with Crippen molar-refractivity contribution in [1.29, 1.82) is 0 Å². The van der Waals surface area contributed by atoms with Gasteiger partial charge in [0.05, 0.1) is 5.56 Å². The number of hydrogen-bond acceptors (Lipinski definition) is 1. The fraction of sp³-hybridized carbons (Fsp3) is 0.188. The normalized spacial score (nSPS) is 11.2. The zero-order valence-corrected chi connectivity index (χ0v) is 12.4. The van der Waals surface area contributed by atoms with E-state index >= 15 is 0 Å². The van der Waals surface area contributed by atoms with Gasteiger partial charge in [0.25, 0.3) is 0 Å². The Hall–Kier alpha value is -2.37. The van der Waals surface area contributed by atoms with Crippen LogP contribution in [-0.2, 0) is 7.05 Å². The number of pyridine rings is 1. The van der Waals surface area contributed by atoms with Crippen LogP contribution in [0.2, 0.25) is 0 Å². The molecule has 0 spiro atoms. The minimum Gasteiger partial charge on any atom is -0.373 e. The summed E-state index contributed by atoms with van der Waals surface area (Å²) in [6, 6.07) is 3.40. The van der Waals surface area contributed by atoms with Crippen LogP contribution >= 0.6 is 0 Å². The van der Waals surface area contributed by atoms with Crippen molar-refractivity contribution in [3.8, 4) is 0 Å². The zero-order chi connectivity index (χ0) is 16.4. The molecule has 1 heterocycles. The lowest BCUT2D eigenvalue weighted by atomic mass is 10.1. The minimum atomic E-state index is -1.42. The van der Waals surface area contributed by atoms with E-state index in [2.05, 4.69) is 0 Å². The van der Waals surface area contributed by atoms with Crippen LogP contribution in [0.5, 0.6) is 0 Å². The Bertz CT molecular complexity index is 693. The van der Waals surface area contributed by atoms with Gasteiger partial charge in [-0.05, 0) is 11.6 Å². The number of aryl methyl sites for hydroxylation is 1. The van der Waals surface area contributed by atoms with Gasteiger partial charge in [-0.3, -0.25) is 0 Å². The van der Waals surface area contributed by atoms with Crippen LogP contribution in [-0.4, -0.2) is 14.1 Å². The van der Waals surface area contributed by atoms with E-state index in [0.717, 1.165) is 11.0 Å². The van der Waals surface area contributed by atoms with Gasteiger partial charge in [-0.25, -0.2) is 22.1 Å². The van der Waals surface area contributed by atoms with Gasteiger partial charge < -0.3 is 4.90 Å². The second-order valence-electron chi connectivity index (χ2n) is 5.04. The summed E-state index contributed by atoms with van der Waals surface area (Å²) in [6.45, 7) is 0. The molecule has 0 radical (unpaired) electrons. The number of hydrogen-bond donors (Lipinski definition) is 0. The van der Waals surface area contributed by atoms with E-state index < -0.39 is 34.5 Å². The van der Waals surface area contributed by atoms with Crippen molar-refractivity contribution < 1.29 is 22.1 Å². The van der Waals surface area contributed by atoms with Crippen LogP contribution in [0.4, 0.5) is 23.2 Å². The molecule has 2 nitrogen and oxygen atoms in total. The molecule has 0 bridgehead atoms. The summed E-state index contributed by atoms with van der Waals surface area (Å²) < 4.78 is 57.5. The highest BCUT2D eigenvalue weighted by Gasteiger charge is 2.25. The average Bonchev–Trinajstić information content (AvgIpc) is 2.47. The molecular formula is C16H15F4N2+. The van der Waals surface area contributed by atoms with Crippen LogP contribution in [0.3, 0.4) is 0 Å². The van der Waals surface area contributed by atoms with Crippen molar-refractivity contribution in [1.82, 2.24) is 0 Å². The van der Waals surface area contributed by atoms with Crippen LogP contribution in [0.1, 0.15) is 11.1 Å². The third-order valence-electron chi connectivity index (χ3n) is 3.17. The molecule has 0 amide bonds. The summed E-state index contributed by atoms with van der Waals surface area (Å²) in [5.41, 5.74) is -0.831. The van der Waals surface area contributed by atoms with E-state index in [-0.39, 0.29) is 0 Å². The van der Waals surface area contributed by atoms with Gasteiger partial charge in [0.15, 0.2) is 35.7 Å². The smallest absolute Gasteiger partial charge is 0.185 e. The number of rotatable bonds is 3. The molecule has 1 aromatic carbocycles. The molecule has 0 aliphatic carbocycles. The highest BCUT2D eigenvalue weighted by atomic mass is 19.2. The van der Waals surface area contributed by atoms with Gasteiger partial charge in [-0.15, -0.1) is 0 Å². The topological polar surface area (TPSA) is 7.12 Å². The average molecular weight is 311 g/mol. The first-order valence-electron chi connectivity index (χ1n) is 6.49. The lowest BCUT2D eigenvalue weighted by molar-refractivity contribution is -0.671. The van der Waals surface area contributed by atoms with E-state index in [1.54, 1.807) is 29.1 Å². The Morgan fingerprint density at radius 2 is 1.36 bits per heavy atom. The van der Waals surface area contributed by atoms with E-state index in [9.17, 15) is 17.6 Å². The second-order valence-corrected chi connectivity index (χ2v) is 5.04. The molecule has 0 N–H and O–H groups in total. The summed E-state index contributed by atoms with van der Waals surface area (Å²) in [4.78, 5) is 0.988. The molecule has 2 aromatic rings. The molecule has 0 atom stereocenters. The van der Waals surface area contributed by atoms with Gasteiger partial charge >= 0.3 is 0 Å². The summed E-state index contributed by atoms with van der Waals surface area (Å²) in [7, 11) is 4.43. The summed E-state index contributed by atoms with van der Waals surface area (Å²) >= 11 is 0. The molecule has 2 rings (SSSR count). The van der Waals surface area contributed by atoms with Crippen molar-refractivity contribution in [3.63, 3.8) is 0 Å². The first kappa shape index (κ1) is 16.0. The van der Waals surface area contributed by atoms with Gasteiger partial charge in [0.2, 0.25) is 0 Å². The molecule has 1 aromatic heterocycles. The number of nitrogens with zero attached hydrogens (tertiary/aromatic N) is 2. The largest absolute Gasteiger partial charge is 0.373 e. The Labute approximate surface area is 125 Å². The number of anilines is 1. The SMILES string of the molecule is CN(C)c1c(F)c(F)c(/C=C/c2cc[n+](C)cc2)c(F)c1F. The van der Waals surface area contributed by atoms with Gasteiger partial charge in [0, 0.05) is 26.2 Å². The first-order valence-corrected chi connectivity index (χ1v) is 6.49. The van der Waals surface area contributed by atoms with Crippen LogP contribution in [0.15, 0.2) is 24.5 Å². The number of halogens is 4. The number of aromatic nitrogens is 1. The molecule has 0 saturated carbocycles. The van der Waals surface area contributed by atoms with Crippen molar-refractivity contribution in [2.24, 2.45) is 7.05 Å². The molecule has 116 valence electrons. The second kappa shape index (κ2) is 6.17. The zero-order valence-electron chi connectivity index (χ0n) is 12.4. The molecule has 6 heteroatoms. The lowest BCUT2D eigenvalue weighted by Crippen LogP contribution is -2.25. The van der Waals surface area contributed by atoms with Crippen molar-refractivity contribution >= 4 is 17.8 Å². The van der Waals surface area contributed by atoms with Crippen molar-refractivity contribution in [3.05, 3.63) is 58.9 Å². The quantitative estimate of drug-likeness (QED) is 0.479. The molecule has 0 fully saturated rings. The first-order chi connectivity index (χ1) is 10.3. The molecule has 0 aliphatic heterocycles. The van der Waals surface area contributed by atoms with Gasteiger partial charge in [0.1, 0.15) is 12.7 Å². The Morgan fingerprint density at radius 3 is 1.82 bits per heavy atom. The maximum atomic E-state index is 14.0. The van der Waals surface area contributed by atoms with Crippen LogP contribution < -0.4 is 9.47 Å². The summed E-state index contributed by atoms with van der Waals surface area (Å²) in [5, 5.41) is 0. The standard InChI is InChI=1S/C16H15F4N2/c1-21(2)16-14(19)12(17)11(13(18)15(16)20)5-4-10-6-8-22(3)9-7-10/h4-9H,1-3H3/q+1. The summed E-state index contributed by atoms with van der Waals surface area (Å²) in [6.07, 6.45) is 5.88. The summed E-state index contributed by atoms with van der Waals surface area (Å²) in [5.74, 6) is -5.66. The highest BCUT2D eigenvalue weighted by molar-refractivity contribution is 5.71. The maximum absolute atomic E-state index is 14.0. The third-order valence-corrected chi connectivity index (χ3v) is 3.17. The lowest BCUT2D eigenvalue weighted by Gasteiger charge is -2.16. The number of benzene rings is 1. The molecule has 0 aliphatic rings. The Balaban J connectivity index is 2.50. The van der Waals surface area contributed by atoms with Crippen molar-refractivity contribution in [2.45, 2.75) is 0 Å². The monoisotopic (exact) mass is 311 g/mol. The maximum Gasteiger partial charge on any atom is 0.185 e. The van der Waals surface area contributed by atoms with Crippen LogP contribution in [0.25, 0.3) is 12.2 Å². The van der Waals surface area contributed by atoms with Crippen LogP contribution in [0, 0.1) is 23.3 Å². The predicted molar refractivity (Wildman–Crippen MR) is 77.1 cm³/mol. The fourth-order valence-electron chi connectivity index (χ4n) is 1.98. The molecular weight excluding hydrogens is 296 g/mol. The Kier molecular flexibility index (Phi) is 4.49. The van der Waals surface area contributed by atoms with Gasteiger partial charge in [-0.2, -0.15) is 0 Å². The fourth-order valence-corrected chi connectivity index (χ4v) is 1.98. The van der Waals surface area contributed by atoms with Gasteiger partial charge in [-0.1, -0.05) is 6.08 Å². The van der Waals surface area contributed by atoms with E-state index in [1.807, 2.05) is 7.05 Å². The van der Waals surface area contributed by atoms with Crippen molar-refractivity contribution in [2.75, 3.05) is 19.0 Å². The Morgan fingerprint density at radius 1 is 0.864 bits per heavy atom. The van der Waals surface area contributed by atoms with E-state index in [0.29, 0.717) is 5.56 Å². The highest BCUT2D eigenvalue weighted by Crippen LogP contribution is 2.30. The molecule has 0 unspecified atom stereocenters. The predicted octanol–water partition coefficient (Wildman–Crippen LogP) is 3.30. The van der Waals surface area contributed by atoms with E-state index in [1.165, 1.54) is 20.2 Å². The molecule has 0 saturated heterocycles.